The molecule has 0 saturated heterocycles. The van der Waals surface area contributed by atoms with E-state index in [0.29, 0.717) is 27.6 Å². The van der Waals surface area contributed by atoms with Crippen molar-refractivity contribution in [2.24, 2.45) is 0 Å². The van der Waals surface area contributed by atoms with Crippen molar-refractivity contribution in [1.82, 2.24) is 0 Å². The summed E-state index contributed by atoms with van der Waals surface area (Å²) in [4.78, 5) is 0. The molecule has 0 amide bonds. The second kappa shape index (κ2) is 9.78. The summed E-state index contributed by atoms with van der Waals surface area (Å²) in [7, 11) is -3.45. The van der Waals surface area contributed by atoms with E-state index in [9.17, 15) is 10.0 Å². The third kappa shape index (κ3) is 5.52. The smallest absolute Gasteiger partial charge is 0.423 e. The van der Waals surface area contributed by atoms with Crippen LogP contribution in [-0.4, -0.2) is 25.2 Å². The van der Waals surface area contributed by atoms with Crippen molar-refractivity contribution in [2.75, 3.05) is 0 Å². The topological polar surface area (TPSA) is 40.5 Å². The van der Waals surface area contributed by atoms with Crippen LogP contribution in [0.5, 0.6) is 0 Å². The van der Waals surface area contributed by atoms with Gasteiger partial charge in [0, 0.05) is 5.56 Å². The van der Waals surface area contributed by atoms with Crippen LogP contribution in [0.3, 0.4) is 0 Å². The van der Waals surface area contributed by atoms with Crippen LogP contribution >= 0.6 is 0 Å². The SMILES string of the molecule is CC(C)[Si](C#Cc1ccc(-c2cccc(C(C)(C)C)c2)cc1B(O)O)(C(C)C)C(C)C. The highest BCUT2D eigenvalue weighted by Crippen LogP contribution is 2.40. The first-order valence-corrected chi connectivity index (χ1v) is 13.7. The first-order valence-electron chi connectivity index (χ1n) is 11.4. The normalized spacial score (nSPS) is 12.3. The van der Waals surface area contributed by atoms with Gasteiger partial charge in [-0.05, 0) is 50.3 Å². The van der Waals surface area contributed by atoms with Gasteiger partial charge in [-0.15, -0.1) is 5.54 Å². The maximum atomic E-state index is 10.1. The van der Waals surface area contributed by atoms with Gasteiger partial charge >= 0.3 is 7.12 Å². The Labute approximate surface area is 191 Å². The Balaban J connectivity index is 2.59. The molecule has 4 heteroatoms. The molecule has 0 bridgehead atoms. The zero-order valence-electron chi connectivity index (χ0n) is 20.7. The molecular weight excluding hydrogens is 395 g/mol. The second-order valence-corrected chi connectivity index (χ2v) is 16.2. The highest BCUT2D eigenvalue weighted by atomic mass is 28.3. The summed E-state index contributed by atoms with van der Waals surface area (Å²) < 4.78 is 0. The molecule has 2 rings (SSSR count). The summed E-state index contributed by atoms with van der Waals surface area (Å²) >= 11 is 0. The minimum atomic E-state index is -1.90. The van der Waals surface area contributed by atoms with Crippen molar-refractivity contribution in [3.8, 4) is 22.6 Å². The third-order valence-electron chi connectivity index (χ3n) is 6.67. The Morgan fingerprint density at radius 2 is 1.35 bits per heavy atom. The molecule has 0 heterocycles. The molecule has 0 spiro atoms. The van der Waals surface area contributed by atoms with Gasteiger partial charge < -0.3 is 10.0 Å². The molecule has 166 valence electrons. The molecule has 0 radical (unpaired) electrons. The first-order chi connectivity index (χ1) is 14.3. The van der Waals surface area contributed by atoms with E-state index in [2.05, 4.69) is 98.0 Å². The summed E-state index contributed by atoms with van der Waals surface area (Å²) in [6, 6.07) is 14.3. The lowest BCUT2D eigenvalue weighted by Crippen LogP contribution is -2.43. The predicted molar refractivity (Wildman–Crippen MR) is 138 cm³/mol. The third-order valence-corrected chi connectivity index (χ3v) is 13.0. The van der Waals surface area contributed by atoms with Crippen LogP contribution in [0.15, 0.2) is 42.5 Å². The summed E-state index contributed by atoms with van der Waals surface area (Å²) in [5, 5.41) is 20.2. The second-order valence-electron chi connectivity index (χ2n) is 10.7. The quantitative estimate of drug-likeness (QED) is 0.454. The van der Waals surface area contributed by atoms with E-state index < -0.39 is 15.2 Å². The van der Waals surface area contributed by atoms with Gasteiger partial charge in [0.05, 0.1) is 0 Å². The highest BCUT2D eigenvalue weighted by molar-refractivity contribution is 6.90. The Morgan fingerprint density at radius 1 is 0.806 bits per heavy atom. The van der Waals surface area contributed by atoms with Crippen molar-refractivity contribution >= 4 is 20.7 Å². The molecular formula is C27H39BO2Si. The number of benzene rings is 2. The molecule has 0 unspecified atom stereocenters. The molecule has 0 aliphatic heterocycles. The van der Waals surface area contributed by atoms with Gasteiger partial charge in [0.2, 0.25) is 0 Å². The maximum absolute atomic E-state index is 10.1. The van der Waals surface area contributed by atoms with E-state index in [1.54, 1.807) is 0 Å². The zero-order chi connectivity index (χ0) is 23.6. The van der Waals surface area contributed by atoms with Crippen LogP contribution in [0.1, 0.15) is 73.4 Å². The fraction of sp³-hybridized carbons (Fsp3) is 0.481. The molecule has 0 aromatic heterocycles. The van der Waals surface area contributed by atoms with Gasteiger partial charge in [-0.3, -0.25) is 0 Å². The summed E-state index contributed by atoms with van der Waals surface area (Å²) in [6.45, 7) is 20.3. The largest absolute Gasteiger partial charge is 0.489 e. The number of rotatable bonds is 5. The Bertz CT molecular complexity index is 937. The van der Waals surface area contributed by atoms with Crippen LogP contribution in [0.25, 0.3) is 11.1 Å². The molecule has 0 fully saturated rings. The predicted octanol–water partition coefficient (Wildman–Crippen LogP) is 5.90. The maximum Gasteiger partial charge on any atom is 0.489 e. The van der Waals surface area contributed by atoms with Gasteiger partial charge in [0.1, 0.15) is 8.07 Å². The van der Waals surface area contributed by atoms with Crippen molar-refractivity contribution < 1.29 is 10.0 Å². The highest BCUT2D eigenvalue weighted by Gasteiger charge is 2.41. The van der Waals surface area contributed by atoms with Crippen molar-refractivity contribution in [1.29, 1.82) is 0 Å². The number of hydrogen-bond acceptors (Lipinski definition) is 2. The van der Waals surface area contributed by atoms with E-state index in [0.717, 1.165) is 11.1 Å². The Kier molecular flexibility index (Phi) is 8.03. The van der Waals surface area contributed by atoms with Crippen LogP contribution < -0.4 is 5.46 Å². The van der Waals surface area contributed by atoms with E-state index >= 15 is 0 Å². The average Bonchev–Trinajstić information content (AvgIpc) is 2.67. The average molecular weight is 435 g/mol. The lowest BCUT2D eigenvalue weighted by Gasteiger charge is -2.38. The van der Waals surface area contributed by atoms with Gasteiger partial charge in [0.25, 0.3) is 0 Å². The summed E-state index contributed by atoms with van der Waals surface area (Å²) in [5.41, 5.74) is 9.83. The van der Waals surface area contributed by atoms with Crippen LogP contribution in [0.2, 0.25) is 16.6 Å². The van der Waals surface area contributed by atoms with Crippen LogP contribution in [0.4, 0.5) is 0 Å². The molecule has 2 aromatic carbocycles. The molecule has 2 nitrogen and oxygen atoms in total. The molecule has 0 saturated carbocycles. The monoisotopic (exact) mass is 434 g/mol. The minimum absolute atomic E-state index is 0.0548. The number of hydrogen-bond donors (Lipinski definition) is 2. The van der Waals surface area contributed by atoms with Crippen LogP contribution in [-0.2, 0) is 5.41 Å². The first kappa shape index (κ1) is 25.5. The molecule has 0 aliphatic carbocycles. The standard InChI is InChI=1S/C27H39BO2Si/c1-19(2)31(20(3)4,21(5)6)16-15-22-13-14-24(18-26(22)28(29)30)23-11-10-12-25(17-23)27(7,8)9/h10-14,17-21,29-30H,1-9H3. The van der Waals surface area contributed by atoms with E-state index in [-0.39, 0.29) is 5.41 Å². The van der Waals surface area contributed by atoms with Crippen molar-refractivity contribution in [3.05, 3.63) is 53.6 Å². The van der Waals surface area contributed by atoms with Gasteiger partial charge in [-0.2, -0.15) is 0 Å². The lowest BCUT2D eigenvalue weighted by atomic mass is 9.75. The molecule has 2 aromatic rings. The molecule has 2 N–H and O–H groups in total. The van der Waals surface area contributed by atoms with E-state index in [1.165, 1.54) is 5.56 Å². The fourth-order valence-electron chi connectivity index (χ4n) is 4.84. The summed E-state index contributed by atoms with van der Waals surface area (Å²) in [6.07, 6.45) is 0. The van der Waals surface area contributed by atoms with E-state index in [1.807, 2.05) is 18.2 Å². The Morgan fingerprint density at radius 3 is 1.84 bits per heavy atom. The van der Waals surface area contributed by atoms with Gasteiger partial charge in [-0.25, -0.2) is 0 Å². The van der Waals surface area contributed by atoms with Crippen LogP contribution in [0, 0.1) is 11.5 Å². The summed E-state index contributed by atoms with van der Waals surface area (Å²) in [5.74, 6) is 3.39. The lowest BCUT2D eigenvalue weighted by molar-refractivity contribution is 0.425. The Hall–Kier alpha value is -1.80. The molecule has 0 aliphatic rings. The minimum Gasteiger partial charge on any atom is -0.423 e. The fourth-order valence-corrected chi connectivity index (χ4v) is 10.1. The van der Waals surface area contributed by atoms with Crippen molar-refractivity contribution in [2.45, 2.75) is 84.4 Å². The van der Waals surface area contributed by atoms with Gasteiger partial charge in [-0.1, -0.05) is 105 Å². The van der Waals surface area contributed by atoms with E-state index in [4.69, 9.17) is 0 Å². The van der Waals surface area contributed by atoms with Gasteiger partial charge in [0.15, 0.2) is 0 Å². The molecule has 0 atom stereocenters. The molecule has 31 heavy (non-hydrogen) atoms. The zero-order valence-corrected chi connectivity index (χ0v) is 21.7. The van der Waals surface area contributed by atoms with Crippen molar-refractivity contribution in [3.63, 3.8) is 0 Å².